The van der Waals surface area contributed by atoms with Crippen LogP contribution in [0.3, 0.4) is 0 Å². The first-order valence-electron chi connectivity index (χ1n) is 5.35. The molecule has 0 aliphatic carbocycles. The van der Waals surface area contributed by atoms with Gasteiger partial charge < -0.3 is 10.1 Å². The molecule has 0 saturated heterocycles. The molecular formula is C12H11F2N3OS. The molecule has 2 aromatic rings. The number of aromatic nitrogens is 2. The van der Waals surface area contributed by atoms with Gasteiger partial charge in [0, 0.05) is 7.05 Å². The number of hydrogen-bond acceptors (Lipinski definition) is 5. The van der Waals surface area contributed by atoms with Gasteiger partial charge in [-0.1, -0.05) is 11.8 Å². The van der Waals surface area contributed by atoms with E-state index < -0.39 is 11.6 Å². The van der Waals surface area contributed by atoms with Crippen molar-refractivity contribution < 1.29 is 13.5 Å². The molecule has 1 aromatic heterocycles. The molecule has 0 bridgehead atoms. The van der Waals surface area contributed by atoms with Gasteiger partial charge in [0.05, 0.1) is 12.0 Å². The molecule has 0 saturated carbocycles. The number of methoxy groups -OCH3 is 1. The summed E-state index contributed by atoms with van der Waals surface area (Å²) in [6, 6.07) is 3.25. The van der Waals surface area contributed by atoms with Crippen LogP contribution in [-0.4, -0.2) is 24.1 Å². The number of benzene rings is 1. The maximum atomic E-state index is 13.6. The third-order valence-electron chi connectivity index (χ3n) is 2.31. The van der Waals surface area contributed by atoms with Gasteiger partial charge in [-0.05, 0) is 18.2 Å². The van der Waals surface area contributed by atoms with Gasteiger partial charge in [0.15, 0.2) is 11.6 Å². The monoisotopic (exact) mass is 283 g/mol. The molecule has 1 aromatic carbocycles. The Morgan fingerprint density at radius 3 is 2.74 bits per heavy atom. The van der Waals surface area contributed by atoms with E-state index in [0.29, 0.717) is 16.6 Å². The highest BCUT2D eigenvalue weighted by Crippen LogP contribution is 2.37. The van der Waals surface area contributed by atoms with Crippen molar-refractivity contribution in [2.24, 2.45) is 0 Å². The summed E-state index contributed by atoms with van der Waals surface area (Å²) in [5, 5.41) is 3.25. The fourth-order valence-electron chi connectivity index (χ4n) is 1.45. The van der Waals surface area contributed by atoms with E-state index in [0.717, 1.165) is 30.0 Å². The standard InChI is InChI=1S/C12H11F2N3OS/c1-15-11-10(18-2)12(17-6-16-11)19-9-5-7(13)3-4-8(9)14/h3-6H,1-2H3,(H,15,16,17). The van der Waals surface area contributed by atoms with Crippen LogP contribution < -0.4 is 10.1 Å². The van der Waals surface area contributed by atoms with Crippen molar-refractivity contribution >= 4 is 17.6 Å². The summed E-state index contributed by atoms with van der Waals surface area (Å²) in [5.41, 5.74) is 0. The Kier molecular flexibility index (Phi) is 4.16. The summed E-state index contributed by atoms with van der Waals surface area (Å²) in [6.07, 6.45) is 1.33. The molecule has 0 spiro atoms. The van der Waals surface area contributed by atoms with Crippen molar-refractivity contribution in [3.05, 3.63) is 36.2 Å². The number of nitrogens with one attached hydrogen (secondary N) is 1. The SMILES string of the molecule is CNc1ncnc(Sc2cc(F)ccc2F)c1OC. The zero-order chi connectivity index (χ0) is 13.8. The number of anilines is 1. The molecule has 0 amide bonds. The number of halogens is 2. The van der Waals surface area contributed by atoms with Crippen LogP contribution in [0.2, 0.25) is 0 Å². The highest BCUT2D eigenvalue weighted by atomic mass is 32.2. The highest BCUT2D eigenvalue weighted by Gasteiger charge is 2.14. The van der Waals surface area contributed by atoms with E-state index in [1.54, 1.807) is 7.05 Å². The normalized spacial score (nSPS) is 10.3. The predicted octanol–water partition coefficient (Wildman–Crippen LogP) is 2.96. The van der Waals surface area contributed by atoms with Gasteiger partial charge in [0.1, 0.15) is 23.0 Å². The minimum atomic E-state index is -0.516. The van der Waals surface area contributed by atoms with E-state index in [2.05, 4.69) is 15.3 Å². The Bertz CT molecular complexity index is 595. The molecular weight excluding hydrogens is 272 g/mol. The second-order valence-electron chi connectivity index (χ2n) is 3.49. The summed E-state index contributed by atoms with van der Waals surface area (Å²) in [6.45, 7) is 0. The van der Waals surface area contributed by atoms with Crippen LogP contribution in [0.4, 0.5) is 14.6 Å². The zero-order valence-electron chi connectivity index (χ0n) is 10.3. The lowest BCUT2D eigenvalue weighted by Gasteiger charge is -2.10. The number of hydrogen-bond donors (Lipinski definition) is 1. The van der Waals surface area contributed by atoms with Gasteiger partial charge in [0.25, 0.3) is 0 Å². The summed E-state index contributed by atoms with van der Waals surface area (Å²) >= 11 is 0.978. The van der Waals surface area contributed by atoms with Crippen molar-refractivity contribution in [3.8, 4) is 5.75 Å². The minimum Gasteiger partial charge on any atom is -0.490 e. The maximum absolute atomic E-state index is 13.6. The molecule has 0 aliphatic heterocycles. The summed E-state index contributed by atoms with van der Waals surface area (Å²) < 4.78 is 31.9. The smallest absolute Gasteiger partial charge is 0.194 e. The van der Waals surface area contributed by atoms with E-state index in [4.69, 9.17) is 4.74 Å². The lowest BCUT2D eigenvalue weighted by Crippen LogP contribution is -2.00. The Morgan fingerprint density at radius 2 is 2.05 bits per heavy atom. The molecule has 1 heterocycles. The molecule has 1 N–H and O–H groups in total. The largest absolute Gasteiger partial charge is 0.490 e. The molecule has 0 fully saturated rings. The quantitative estimate of drug-likeness (QED) is 0.874. The molecule has 100 valence electrons. The van der Waals surface area contributed by atoms with Gasteiger partial charge in [-0.2, -0.15) is 0 Å². The van der Waals surface area contributed by atoms with Crippen molar-refractivity contribution in [1.82, 2.24) is 9.97 Å². The van der Waals surface area contributed by atoms with Gasteiger partial charge in [-0.15, -0.1) is 0 Å². The first-order valence-corrected chi connectivity index (χ1v) is 6.17. The summed E-state index contributed by atoms with van der Waals surface area (Å²) in [7, 11) is 3.15. The van der Waals surface area contributed by atoms with E-state index in [9.17, 15) is 8.78 Å². The highest BCUT2D eigenvalue weighted by molar-refractivity contribution is 7.99. The summed E-state index contributed by atoms with van der Waals surface area (Å²) in [5.74, 6) is -0.153. The average Bonchev–Trinajstić information content (AvgIpc) is 2.42. The van der Waals surface area contributed by atoms with Crippen LogP contribution in [0.5, 0.6) is 5.75 Å². The maximum Gasteiger partial charge on any atom is 0.194 e. The van der Waals surface area contributed by atoms with Crippen LogP contribution >= 0.6 is 11.8 Å². The molecule has 0 aliphatic rings. The molecule has 7 heteroatoms. The number of rotatable bonds is 4. The fourth-order valence-corrected chi connectivity index (χ4v) is 2.37. The van der Waals surface area contributed by atoms with Crippen LogP contribution in [0, 0.1) is 11.6 Å². The predicted molar refractivity (Wildman–Crippen MR) is 68.6 cm³/mol. The van der Waals surface area contributed by atoms with Crippen molar-refractivity contribution in [3.63, 3.8) is 0 Å². The van der Waals surface area contributed by atoms with Crippen molar-refractivity contribution in [1.29, 1.82) is 0 Å². The Labute approximate surface area is 113 Å². The van der Waals surface area contributed by atoms with Crippen LogP contribution in [0.15, 0.2) is 34.4 Å². The van der Waals surface area contributed by atoms with Gasteiger partial charge in [-0.25, -0.2) is 18.7 Å². The topological polar surface area (TPSA) is 47.0 Å². The Balaban J connectivity index is 2.40. The van der Waals surface area contributed by atoms with Gasteiger partial charge in [-0.3, -0.25) is 0 Å². The molecule has 2 rings (SSSR count). The lowest BCUT2D eigenvalue weighted by molar-refractivity contribution is 0.400. The van der Waals surface area contributed by atoms with E-state index >= 15 is 0 Å². The first-order chi connectivity index (χ1) is 9.15. The molecule has 0 radical (unpaired) electrons. The Morgan fingerprint density at radius 1 is 1.26 bits per heavy atom. The minimum absolute atomic E-state index is 0.138. The van der Waals surface area contributed by atoms with Crippen LogP contribution in [-0.2, 0) is 0 Å². The van der Waals surface area contributed by atoms with Crippen LogP contribution in [0.1, 0.15) is 0 Å². The third kappa shape index (κ3) is 2.93. The van der Waals surface area contributed by atoms with Crippen molar-refractivity contribution in [2.45, 2.75) is 9.92 Å². The lowest BCUT2D eigenvalue weighted by atomic mass is 10.3. The fraction of sp³-hybridized carbons (Fsp3) is 0.167. The second-order valence-corrected chi connectivity index (χ2v) is 4.52. The first kappa shape index (κ1) is 13.5. The average molecular weight is 283 g/mol. The van der Waals surface area contributed by atoms with E-state index in [-0.39, 0.29) is 4.90 Å². The molecule has 0 unspecified atom stereocenters. The molecule has 0 atom stereocenters. The summed E-state index contributed by atoms with van der Waals surface area (Å²) in [4.78, 5) is 8.14. The molecule has 4 nitrogen and oxygen atoms in total. The zero-order valence-corrected chi connectivity index (χ0v) is 11.1. The second kappa shape index (κ2) is 5.83. The van der Waals surface area contributed by atoms with Crippen LogP contribution in [0.25, 0.3) is 0 Å². The number of nitrogens with zero attached hydrogens (tertiary/aromatic N) is 2. The van der Waals surface area contributed by atoms with Crippen molar-refractivity contribution in [2.75, 3.05) is 19.5 Å². The van der Waals surface area contributed by atoms with E-state index in [1.807, 2.05) is 0 Å². The molecule has 19 heavy (non-hydrogen) atoms. The van der Waals surface area contributed by atoms with Gasteiger partial charge in [0.2, 0.25) is 0 Å². The number of ether oxygens (including phenoxy) is 1. The Hall–Kier alpha value is -1.89. The van der Waals surface area contributed by atoms with Gasteiger partial charge >= 0.3 is 0 Å². The third-order valence-corrected chi connectivity index (χ3v) is 3.33. The van der Waals surface area contributed by atoms with E-state index in [1.165, 1.54) is 13.4 Å².